The molecule has 2 aromatic rings. The Balaban J connectivity index is 1.35. The summed E-state index contributed by atoms with van der Waals surface area (Å²) in [6.45, 7) is 10.8. The van der Waals surface area contributed by atoms with Crippen LogP contribution in [0.4, 0.5) is 5.69 Å². The van der Waals surface area contributed by atoms with E-state index in [1.54, 1.807) is 6.92 Å². The summed E-state index contributed by atoms with van der Waals surface area (Å²) in [4.78, 5) is 78.6. The van der Waals surface area contributed by atoms with Crippen molar-refractivity contribution in [1.82, 2.24) is 5.32 Å². The zero-order valence-electron chi connectivity index (χ0n) is 41.2. The van der Waals surface area contributed by atoms with Gasteiger partial charge in [-0.05, 0) is 134 Å². The van der Waals surface area contributed by atoms with Crippen LogP contribution in [0.3, 0.4) is 0 Å². The Morgan fingerprint density at radius 2 is 1.28 bits per heavy atom. The first kappa shape index (κ1) is 58.0. The summed E-state index contributed by atoms with van der Waals surface area (Å²) < 4.78 is 28.5. The fourth-order valence-corrected chi connectivity index (χ4v) is 8.68. The summed E-state index contributed by atoms with van der Waals surface area (Å²) in [5.74, 6) is -2.20. The molecule has 378 valence electrons. The van der Waals surface area contributed by atoms with Crippen LogP contribution in [0.25, 0.3) is 12.2 Å². The highest BCUT2D eigenvalue weighted by Gasteiger charge is 2.31. The first-order valence-corrected chi connectivity index (χ1v) is 26.0. The molecule has 2 unspecified atom stereocenters. The van der Waals surface area contributed by atoms with Gasteiger partial charge < -0.3 is 39.0 Å². The predicted octanol–water partition coefficient (Wildman–Crippen LogP) is 9.49. The van der Waals surface area contributed by atoms with Gasteiger partial charge in [-0.2, -0.15) is 0 Å². The second-order valence-corrected chi connectivity index (χ2v) is 19.4. The van der Waals surface area contributed by atoms with Crippen LogP contribution in [0.2, 0.25) is 0 Å². The molecular formula is C53H77IN2O12. The van der Waals surface area contributed by atoms with Gasteiger partial charge in [0.15, 0.2) is 0 Å². The Labute approximate surface area is 418 Å². The number of carbonyl (C=O) groups is 6. The van der Waals surface area contributed by atoms with Crippen molar-refractivity contribution in [1.29, 1.82) is 0 Å². The fraction of sp³-hybridized carbons (Fsp3) is 0.623. The van der Waals surface area contributed by atoms with Gasteiger partial charge in [-0.3, -0.25) is 28.8 Å². The zero-order chi connectivity index (χ0) is 49.8. The number of hydrogen-bond acceptors (Lipinski definition) is 12. The number of benzene rings is 2. The van der Waals surface area contributed by atoms with E-state index in [2.05, 4.69) is 34.0 Å². The summed E-state index contributed by atoms with van der Waals surface area (Å²) in [7, 11) is 0. The van der Waals surface area contributed by atoms with Gasteiger partial charge in [0, 0.05) is 36.8 Å². The number of nitrogens with one attached hydrogen (secondary N) is 1. The molecular weight excluding hydrogens is 983 g/mol. The number of halogens is 1. The SMILES string of the molecule is CCOC(=O)CCCCC(C)(C)OC(=O)C(CCCOC(=O)CCOCCNC(=O)CCCCC(=O)N1Cc2ccccc2C=Cc2ccccc21)CCCC(C)(C)OC(=O)C(CI)CCCO. The first-order valence-electron chi connectivity index (χ1n) is 24.5. The predicted molar refractivity (Wildman–Crippen MR) is 272 cm³/mol. The number of hydrogen-bond donors (Lipinski definition) is 2. The summed E-state index contributed by atoms with van der Waals surface area (Å²) in [6, 6.07) is 15.9. The van der Waals surface area contributed by atoms with Gasteiger partial charge >= 0.3 is 23.9 Å². The largest absolute Gasteiger partial charge is 0.466 e. The molecule has 15 heteroatoms. The van der Waals surface area contributed by atoms with Crippen molar-refractivity contribution in [2.45, 2.75) is 155 Å². The van der Waals surface area contributed by atoms with Crippen molar-refractivity contribution in [3.05, 3.63) is 65.2 Å². The maximum atomic E-state index is 13.6. The lowest BCUT2D eigenvalue weighted by Gasteiger charge is -2.29. The number of carbonyl (C=O) groups excluding carboxylic acids is 6. The van der Waals surface area contributed by atoms with Crippen LogP contribution < -0.4 is 10.2 Å². The quantitative estimate of drug-likeness (QED) is 0.0227. The summed E-state index contributed by atoms with van der Waals surface area (Å²) >= 11 is 2.16. The van der Waals surface area contributed by atoms with Gasteiger partial charge in [0.25, 0.3) is 0 Å². The van der Waals surface area contributed by atoms with Crippen LogP contribution in [-0.4, -0.2) is 96.0 Å². The van der Waals surface area contributed by atoms with Crippen LogP contribution in [0.1, 0.15) is 154 Å². The molecule has 2 aromatic carbocycles. The topological polar surface area (TPSA) is 184 Å². The van der Waals surface area contributed by atoms with Gasteiger partial charge in [-0.1, -0.05) is 77.2 Å². The van der Waals surface area contributed by atoms with E-state index in [1.165, 1.54) is 0 Å². The zero-order valence-corrected chi connectivity index (χ0v) is 43.3. The average molecular weight is 1060 g/mol. The molecule has 2 N–H and O–H groups in total. The minimum atomic E-state index is -0.758. The van der Waals surface area contributed by atoms with Crippen molar-refractivity contribution >= 4 is 76.1 Å². The monoisotopic (exact) mass is 1060 g/mol. The molecule has 0 bridgehead atoms. The molecule has 0 aliphatic carbocycles. The van der Waals surface area contributed by atoms with Crippen LogP contribution in [0.5, 0.6) is 0 Å². The van der Waals surface area contributed by atoms with Gasteiger partial charge in [0.1, 0.15) is 11.2 Å². The second-order valence-electron chi connectivity index (χ2n) is 18.5. The molecule has 2 atom stereocenters. The molecule has 0 fully saturated rings. The Bertz CT molecular complexity index is 1920. The number of esters is 4. The molecule has 0 aromatic heterocycles. The third kappa shape index (κ3) is 22.8. The standard InChI is InChI=1S/C53H77IN2O12/c1-6-65-48(60)27-13-14-31-52(2,3)67-50(62)42(21-15-32-53(4,5)68-51(63)43(38-54)22-16-34-57)23-17-35-66-49(61)30-36-64-37-33-55-46(58)25-11-12-26-47(59)56-39-44-20-8-7-18-40(44)28-29-41-19-9-10-24-45(41)56/h7-10,18-20,24,28-29,42-43,57H,6,11-17,21-23,25-27,30-39H2,1-5H3,(H,55,58). The van der Waals surface area contributed by atoms with Crippen LogP contribution >= 0.6 is 22.6 Å². The molecule has 0 radical (unpaired) electrons. The highest BCUT2D eigenvalue weighted by molar-refractivity contribution is 14.1. The summed E-state index contributed by atoms with van der Waals surface area (Å²) in [5.41, 5.74) is 2.50. The van der Waals surface area contributed by atoms with Crippen molar-refractivity contribution in [2.75, 3.05) is 48.9 Å². The van der Waals surface area contributed by atoms with E-state index >= 15 is 0 Å². The molecule has 0 saturated carbocycles. The smallest absolute Gasteiger partial charge is 0.310 e. The van der Waals surface area contributed by atoms with Gasteiger partial charge in [0.05, 0.1) is 56.9 Å². The maximum absolute atomic E-state index is 13.6. The van der Waals surface area contributed by atoms with Crippen molar-refractivity contribution in [2.24, 2.45) is 11.8 Å². The number of para-hydroxylation sites is 1. The Morgan fingerprint density at radius 3 is 2.00 bits per heavy atom. The molecule has 68 heavy (non-hydrogen) atoms. The average Bonchev–Trinajstić information content (AvgIpc) is 3.29. The van der Waals surface area contributed by atoms with Gasteiger partial charge in [-0.25, -0.2) is 0 Å². The third-order valence-corrected chi connectivity index (χ3v) is 12.8. The molecule has 0 spiro atoms. The second kappa shape index (κ2) is 31.7. The highest BCUT2D eigenvalue weighted by atomic mass is 127. The molecule has 1 aliphatic heterocycles. The van der Waals surface area contributed by atoms with E-state index in [0.29, 0.717) is 107 Å². The molecule has 3 rings (SSSR count). The van der Waals surface area contributed by atoms with Crippen molar-refractivity contribution < 1.29 is 57.6 Å². The molecule has 0 saturated heterocycles. The Morgan fingerprint density at radius 1 is 0.676 bits per heavy atom. The normalized spacial score (nSPS) is 13.2. The number of anilines is 1. The summed E-state index contributed by atoms with van der Waals surface area (Å²) in [6.07, 6.45) is 11.7. The lowest BCUT2D eigenvalue weighted by molar-refractivity contribution is -0.165. The number of alkyl halides is 1. The lowest BCUT2D eigenvalue weighted by Crippen LogP contribution is -2.33. The molecule has 1 heterocycles. The van der Waals surface area contributed by atoms with Crippen molar-refractivity contribution in [3.63, 3.8) is 0 Å². The van der Waals surface area contributed by atoms with E-state index in [1.807, 2.05) is 87.2 Å². The number of unbranched alkanes of at least 4 members (excludes halogenated alkanes) is 2. The minimum absolute atomic E-state index is 0.0146. The minimum Gasteiger partial charge on any atom is -0.466 e. The molecule has 2 amide bonds. The Kier molecular flexibility index (Phi) is 27.0. The van der Waals surface area contributed by atoms with Gasteiger partial charge in [-0.15, -0.1) is 0 Å². The lowest BCUT2D eigenvalue weighted by atomic mass is 9.92. The van der Waals surface area contributed by atoms with Crippen LogP contribution in [-0.2, 0) is 59.0 Å². The van der Waals surface area contributed by atoms with E-state index in [-0.39, 0.29) is 81.5 Å². The van der Waals surface area contributed by atoms with Gasteiger partial charge in [0.2, 0.25) is 11.8 Å². The number of fused-ring (bicyclic) bond motifs is 2. The van der Waals surface area contributed by atoms with E-state index < -0.39 is 23.1 Å². The number of aliphatic hydroxyl groups is 1. The van der Waals surface area contributed by atoms with E-state index in [9.17, 15) is 33.9 Å². The molecule has 1 aliphatic rings. The number of nitrogens with zero attached hydrogens (tertiary/aromatic N) is 1. The maximum Gasteiger partial charge on any atom is 0.310 e. The van der Waals surface area contributed by atoms with Crippen molar-refractivity contribution in [3.8, 4) is 0 Å². The fourth-order valence-electron chi connectivity index (χ4n) is 7.88. The highest BCUT2D eigenvalue weighted by Crippen LogP contribution is 2.31. The Hall–Kier alpha value is -4.35. The van der Waals surface area contributed by atoms with Crippen LogP contribution in [0.15, 0.2) is 48.5 Å². The number of ether oxygens (including phenoxy) is 5. The molecule has 14 nitrogen and oxygen atoms in total. The number of rotatable bonds is 33. The third-order valence-electron chi connectivity index (χ3n) is 11.7. The number of aliphatic hydroxyl groups excluding tert-OH is 1. The number of amides is 2. The van der Waals surface area contributed by atoms with E-state index in [0.717, 1.165) is 22.4 Å². The van der Waals surface area contributed by atoms with E-state index in [4.69, 9.17) is 23.7 Å². The first-order chi connectivity index (χ1) is 32.6. The van der Waals surface area contributed by atoms with Crippen LogP contribution in [0, 0.1) is 11.8 Å². The summed E-state index contributed by atoms with van der Waals surface area (Å²) in [5, 5.41) is 12.0.